The molecular weight excluding hydrogens is 552 g/mol. The molecule has 0 spiro atoms. The number of hydrogen-bond acceptors (Lipinski definition) is 5. The third kappa shape index (κ3) is 6.11. The summed E-state index contributed by atoms with van der Waals surface area (Å²) in [6, 6.07) is 23.5. The van der Waals surface area contributed by atoms with Crippen LogP contribution in [0.15, 0.2) is 94.3 Å². The third-order valence-electron chi connectivity index (χ3n) is 7.97. The van der Waals surface area contributed by atoms with Gasteiger partial charge >= 0.3 is 6.03 Å². The molecule has 0 bridgehead atoms. The Morgan fingerprint density at radius 3 is 2.20 bits per heavy atom. The summed E-state index contributed by atoms with van der Waals surface area (Å²) in [7, 11) is 1.60. The first-order chi connectivity index (χ1) is 21.2. The van der Waals surface area contributed by atoms with E-state index in [0.29, 0.717) is 40.3 Å². The molecule has 1 atom stereocenters. The van der Waals surface area contributed by atoms with E-state index in [1.54, 1.807) is 35.0 Å². The van der Waals surface area contributed by atoms with E-state index < -0.39 is 6.04 Å². The maximum atomic E-state index is 14.5. The van der Waals surface area contributed by atoms with Crippen molar-refractivity contribution in [3.05, 3.63) is 118 Å². The number of carbonyl (C=O) groups excluding carboxylic acids is 1. The van der Waals surface area contributed by atoms with Crippen LogP contribution < -0.4 is 15.6 Å². The van der Waals surface area contributed by atoms with Crippen LogP contribution in [-0.2, 0) is 6.54 Å². The summed E-state index contributed by atoms with van der Waals surface area (Å²) in [6.07, 6.45) is 2.09. The Kier molecular flexibility index (Phi) is 9.18. The van der Waals surface area contributed by atoms with E-state index >= 15 is 0 Å². The first-order valence-corrected chi connectivity index (χ1v) is 15.1. The molecule has 5 aromatic rings. The SMILES string of the molecule is CCC(c1nc2ccccc2c(=O)n1-c1ccc(OC)cc1)N(Cc1ccco1)C(=O)Nc1c(C(C)C)cccc1C(C)C. The van der Waals surface area contributed by atoms with Crippen molar-refractivity contribution in [3.8, 4) is 11.4 Å². The molecule has 8 heteroatoms. The van der Waals surface area contributed by atoms with E-state index in [4.69, 9.17) is 14.1 Å². The number of amides is 2. The van der Waals surface area contributed by atoms with E-state index in [1.807, 2.05) is 61.5 Å². The summed E-state index contributed by atoms with van der Waals surface area (Å²) < 4.78 is 12.7. The lowest BCUT2D eigenvalue weighted by Crippen LogP contribution is -2.40. The van der Waals surface area contributed by atoms with Gasteiger partial charge in [0.2, 0.25) is 0 Å². The van der Waals surface area contributed by atoms with Gasteiger partial charge in [-0.1, -0.05) is 65.0 Å². The molecule has 0 saturated carbocycles. The Labute approximate surface area is 258 Å². The normalized spacial score (nSPS) is 12.1. The molecule has 3 aromatic carbocycles. The van der Waals surface area contributed by atoms with Gasteiger partial charge in [-0.05, 0) is 77.9 Å². The number of hydrogen-bond donors (Lipinski definition) is 1. The van der Waals surface area contributed by atoms with Gasteiger partial charge in [-0.15, -0.1) is 0 Å². The zero-order valence-corrected chi connectivity index (χ0v) is 26.2. The van der Waals surface area contributed by atoms with Crippen LogP contribution in [0.5, 0.6) is 5.75 Å². The highest BCUT2D eigenvalue weighted by Crippen LogP contribution is 2.34. The number of methoxy groups -OCH3 is 1. The second kappa shape index (κ2) is 13.2. The molecular formula is C36H40N4O4. The van der Waals surface area contributed by atoms with Gasteiger partial charge in [-0.2, -0.15) is 0 Å². The molecule has 0 radical (unpaired) electrons. The molecule has 2 amide bonds. The van der Waals surface area contributed by atoms with Gasteiger partial charge in [0.15, 0.2) is 0 Å². The standard InChI is InChI=1S/C36H40N4O4/c1-7-32(34-37-31-16-9-8-13-30(31)35(41)40(34)25-17-19-26(43-6)20-18-25)39(22-27-12-11-21-44-27)36(42)38-33-28(23(2)3)14-10-15-29(33)24(4)5/h8-21,23-24,32H,7,22H2,1-6H3,(H,38,42). The van der Waals surface area contributed by atoms with Crippen LogP contribution in [0.3, 0.4) is 0 Å². The van der Waals surface area contributed by atoms with Crippen LogP contribution in [0.1, 0.15) is 81.6 Å². The fourth-order valence-corrected chi connectivity index (χ4v) is 5.66. The molecule has 1 unspecified atom stereocenters. The number of para-hydroxylation sites is 2. The highest BCUT2D eigenvalue weighted by Gasteiger charge is 2.31. The van der Waals surface area contributed by atoms with Crippen LogP contribution in [0.25, 0.3) is 16.6 Å². The van der Waals surface area contributed by atoms with E-state index in [2.05, 4.69) is 45.1 Å². The van der Waals surface area contributed by atoms with E-state index in [1.165, 1.54) is 0 Å². The number of rotatable bonds is 10. The van der Waals surface area contributed by atoms with Crippen LogP contribution in [0, 0.1) is 0 Å². The summed E-state index contributed by atoms with van der Waals surface area (Å²) in [6.45, 7) is 10.7. The second-order valence-corrected chi connectivity index (χ2v) is 11.5. The van der Waals surface area contributed by atoms with Gasteiger partial charge in [0.05, 0.1) is 42.5 Å². The molecule has 2 heterocycles. The maximum Gasteiger partial charge on any atom is 0.322 e. The molecule has 1 N–H and O–H groups in total. The number of nitrogens with one attached hydrogen (secondary N) is 1. The summed E-state index contributed by atoms with van der Waals surface area (Å²) in [5.74, 6) is 2.16. The maximum absolute atomic E-state index is 14.5. The zero-order chi connectivity index (χ0) is 31.4. The smallest absolute Gasteiger partial charge is 0.322 e. The predicted octanol–water partition coefficient (Wildman–Crippen LogP) is 8.42. The van der Waals surface area contributed by atoms with Crippen molar-refractivity contribution in [2.24, 2.45) is 0 Å². The molecule has 228 valence electrons. The minimum absolute atomic E-state index is 0.184. The van der Waals surface area contributed by atoms with Gasteiger partial charge in [0.1, 0.15) is 17.3 Å². The predicted molar refractivity (Wildman–Crippen MR) is 175 cm³/mol. The van der Waals surface area contributed by atoms with Crippen LogP contribution in [-0.4, -0.2) is 27.6 Å². The average molecular weight is 593 g/mol. The van der Waals surface area contributed by atoms with Crippen LogP contribution in [0.4, 0.5) is 10.5 Å². The second-order valence-electron chi connectivity index (χ2n) is 11.5. The Balaban J connectivity index is 1.69. The van der Waals surface area contributed by atoms with Gasteiger partial charge in [-0.3, -0.25) is 9.36 Å². The number of carbonyl (C=O) groups is 1. The van der Waals surface area contributed by atoms with Crippen molar-refractivity contribution in [1.82, 2.24) is 14.5 Å². The molecule has 8 nitrogen and oxygen atoms in total. The summed E-state index contributed by atoms with van der Waals surface area (Å²) in [4.78, 5) is 35.4. The van der Waals surface area contributed by atoms with Gasteiger partial charge < -0.3 is 19.4 Å². The number of ether oxygens (including phenoxy) is 1. The van der Waals surface area contributed by atoms with E-state index in [-0.39, 0.29) is 30.0 Å². The minimum atomic E-state index is -0.576. The van der Waals surface area contributed by atoms with Crippen LogP contribution >= 0.6 is 0 Å². The Hall–Kier alpha value is -4.85. The van der Waals surface area contributed by atoms with Crippen LogP contribution in [0.2, 0.25) is 0 Å². The summed E-state index contributed by atoms with van der Waals surface area (Å²) in [5, 5.41) is 3.78. The minimum Gasteiger partial charge on any atom is -0.497 e. The number of benzene rings is 3. The van der Waals surface area contributed by atoms with Crippen molar-refractivity contribution >= 4 is 22.6 Å². The molecule has 0 aliphatic heterocycles. The lowest BCUT2D eigenvalue weighted by molar-refractivity contribution is 0.170. The molecule has 0 saturated heterocycles. The largest absolute Gasteiger partial charge is 0.497 e. The molecule has 44 heavy (non-hydrogen) atoms. The average Bonchev–Trinajstić information content (AvgIpc) is 3.54. The molecule has 0 fully saturated rings. The number of fused-ring (bicyclic) bond motifs is 1. The van der Waals surface area contributed by atoms with Gasteiger partial charge in [-0.25, -0.2) is 9.78 Å². The molecule has 0 aliphatic carbocycles. The topological polar surface area (TPSA) is 89.6 Å². The van der Waals surface area contributed by atoms with Crippen molar-refractivity contribution in [1.29, 1.82) is 0 Å². The molecule has 2 aromatic heterocycles. The molecule has 0 aliphatic rings. The summed E-state index contributed by atoms with van der Waals surface area (Å²) in [5.41, 5.74) is 3.94. The lowest BCUT2D eigenvalue weighted by atomic mass is 9.92. The van der Waals surface area contributed by atoms with E-state index in [0.717, 1.165) is 16.8 Å². The van der Waals surface area contributed by atoms with Gasteiger partial charge in [0, 0.05) is 5.69 Å². The Bertz CT molecular complexity index is 1760. The number of furan rings is 1. The third-order valence-corrected chi connectivity index (χ3v) is 7.97. The fraction of sp³-hybridized carbons (Fsp3) is 0.306. The quantitative estimate of drug-likeness (QED) is 0.176. The first-order valence-electron chi connectivity index (χ1n) is 15.1. The Morgan fingerprint density at radius 2 is 1.61 bits per heavy atom. The zero-order valence-electron chi connectivity index (χ0n) is 26.2. The summed E-state index contributed by atoms with van der Waals surface area (Å²) >= 11 is 0. The van der Waals surface area contributed by atoms with Crippen molar-refractivity contribution in [2.75, 3.05) is 12.4 Å². The number of nitrogens with zero attached hydrogens (tertiary/aromatic N) is 3. The number of anilines is 1. The number of aromatic nitrogens is 2. The van der Waals surface area contributed by atoms with Crippen molar-refractivity contribution < 1.29 is 13.9 Å². The fourth-order valence-electron chi connectivity index (χ4n) is 5.66. The van der Waals surface area contributed by atoms with Crippen molar-refractivity contribution in [3.63, 3.8) is 0 Å². The highest BCUT2D eigenvalue weighted by atomic mass is 16.5. The Morgan fingerprint density at radius 1 is 0.932 bits per heavy atom. The number of urea groups is 1. The van der Waals surface area contributed by atoms with E-state index in [9.17, 15) is 9.59 Å². The highest BCUT2D eigenvalue weighted by molar-refractivity contribution is 5.92. The van der Waals surface area contributed by atoms with Gasteiger partial charge in [0.25, 0.3) is 5.56 Å². The molecule has 5 rings (SSSR count). The lowest BCUT2D eigenvalue weighted by Gasteiger charge is -2.33. The monoisotopic (exact) mass is 592 g/mol. The van der Waals surface area contributed by atoms with Crippen molar-refractivity contribution in [2.45, 2.75) is 65.5 Å². The first kappa shape index (κ1) is 30.6.